The minimum absolute atomic E-state index is 0.175. The summed E-state index contributed by atoms with van der Waals surface area (Å²) in [4.78, 5) is 29.5. The molecule has 0 fully saturated rings. The van der Waals surface area contributed by atoms with E-state index in [1.807, 2.05) is 73.3 Å². The second kappa shape index (κ2) is 9.24. The second-order valence-corrected chi connectivity index (χ2v) is 6.69. The molecule has 0 N–H and O–H groups in total. The van der Waals surface area contributed by atoms with Gasteiger partial charge in [0.25, 0.3) is 11.8 Å². The fourth-order valence-corrected chi connectivity index (χ4v) is 3.38. The largest absolute Gasteiger partial charge is 0.494 e. The van der Waals surface area contributed by atoms with E-state index >= 15 is 0 Å². The topological polar surface area (TPSA) is 49.9 Å². The predicted octanol–water partition coefficient (Wildman–Crippen LogP) is 4.27. The van der Waals surface area contributed by atoms with Crippen LogP contribution in [0, 0.1) is 0 Å². The van der Waals surface area contributed by atoms with E-state index in [0.717, 1.165) is 17.9 Å². The molecule has 0 unspecified atom stereocenters. The van der Waals surface area contributed by atoms with Gasteiger partial charge in [-0.1, -0.05) is 43.3 Å². The Morgan fingerprint density at radius 2 is 1.69 bits per heavy atom. The number of anilines is 1. The van der Waals surface area contributed by atoms with Gasteiger partial charge in [-0.25, -0.2) is 0 Å². The van der Waals surface area contributed by atoms with Gasteiger partial charge in [0.15, 0.2) is 0 Å². The Bertz CT molecular complexity index is 917. The average molecular weight is 390 g/mol. The first kappa shape index (κ1) is 20.4. The van der Waals surface area contributed by atoms with Crippen molar-refractivity contribution in [2.45, 2.75) is 20.3 Å². The van der Waals surface area contributed by atoms with Crippen LogP contribution in [0.1, 0.15) is 25.8 Å². The highest BCUT2D eigenvalue weighted by Crippen LogP contribution is 2.34. The maximum atomic E-state index is 13.2. The third-order valence-electron chi connectivity index (χ3n) is 4.73. The van der Waals surface area contributed by atoms with Gasteiger partial charge < -0.3 is 9.64 Å². The number of hydrogen-bond acceptors (Lipinski definition) is 4. The van der Waals surface area contributed by atoms with Crippen LogP contribution < -0.4 is 9.64 Å². The van der Waals surface area contributed by atoms with Crippen LogP contribution in [0.2, 0.25) is 0 Å². The molecule has 2 aromatic rings. The van der Waals surface area contributed by atoms with E-state index in [1.54, 1.807) is 6.08 Å². The zero-order valence-electron chi connectivity index (χ0n) is 16.9. The third kappa shape index (κ3) is 4.09. The highest BCUT2D eigenvalue weighted by atomic mass is 16.5. The first-order chi connectivity index (χ1) is 14.1. The van der Waals surface area contributed by atoms with E-state index in [0.29, 0.717) is 30.0 Å². The normalized spacial score (nSPS) is 13.8. The molecule has 1 aliphatic heterocycles. The fourth-order valence-electron chi connectivity index (χ4n) is 3.38. The molecule has 0 saturated heterocycles. The van der Waals surface area contributed by atoms with Gasteiger partial charge in [-0.05, 0) is 43.2 Å². The van der Waals surface area contributed by atoms with E-state index in [2.05, 4.69) is 6.58 Å². The van der Waals surface area contributed by atoms with Crippen LogP contribution in [0.5, 0.6) is 5.75 Å². The number of carbonyl (C=O) groups excluding carboxylic acids is 2. The maximum Gasteiger partial charge on any atom is 0.278 e. The number of hydrogen-bond donors (Lipinski definition) is 0. The van der Waals surface area contributed by atoms with Gasteiger partial charge in [0.05, 0.1) is 12.2 Å². The smallest absolute Gasteiger partial charge is 0.278 e. The summed E-state index contributed by atoms with van der Waals surface area (Å²) in [7, 11) is 0. The van der Waals surface area contributed by atoms with E-state index in [4.69, 9.17) is 4.74 Å². The summed E-state index contributed by atoms with van der Waals surface area (Å²) in [6, 6.07) is 17.0. The molecular formula is C24H26N2O3. The number of ether oxygens (including phenoxy) is 1. The molecule has 0 aromatic heterocycles. The molecule has 3 rings (SSSR count). The van der Waals surface area contributed by atoms with Crippen LogP contribution in [0.25, 0.3) is 5.57 Å². The molecule has 29 heavy (non-hydrogen) atoms. The number of imide groups is 1. The first-order valence-electron chi connectivity index (χ1n) is 9.89. The van der Waals surface area contributed by atoms with Gasteiger partial charge in [-0.15, -0.1) is 6.58 Å². The van der Waals surface area contributed by atoms with Gasteiger partial charge >= 0.3 is 0 Å². The summed E-state index contributed by atoms with van der Waals surface area (Å²) in [5, 5.41) is 0. The van der Waals surface area contributed by atoms with E-state index < -0.39 is 0 Å². The molecule has 1 aliphatic rings. The number of amides is 2. The fraction of sp³-hybridized carbons (Fsp3) is 0.250. The van der Waals surface area contributed by atoms with Crippen LogP contribution in [-0.4, -0.2) is 36.4 Å². The quantitative estimate of drug-likeness (QED) is 0.474. The molecule has 1 heterocycles. The summed E-state index contributed by atoms with van der Waals surface area (Å²) in [5.74, 6) is 0.135. The predicted molar refractivity (Wildman–Crippen MR) is 116 cm³/mol. The lowest BCUT2D eigenvalue weighted by Crippen LogP contribution is -2.35. The molecule has 150 valence electrons. The highest BCUT2D eigenvalue weighted by molar-refractivity contribution is 6.36. The van der Waals surface area contributed by atoms with Crippen LogP contribution in [0.4, 0.5) is 5.69 Å². The maximum absolute atomic E-state index is 13.2. The number of benzene rings is 2. The number of nitrogens with zero attached hydrogens (tertiary/aromatic N) is 2. The lowest BCUT2D eigenvalue weighted by Gasteiger charge is -2.24. The summed E-state index contributed by atoms with van der Waals surface area (Å²) >= 11 is 0. The lowest BCUT2D eigenvalue weighted by molar-refractivity contribution is -0.136. The lowest BCUT2D eigenvalue weighted by atomic mass is 10.0. The van der Waals surface area contributed by atoms with E-state index in [1.165, 1.54) is 4.90 Å². The Kier molecular flexibility index (Phi) is 6.50. The Hall–Kier alpha value is -3.34. The number of carbonyl (C=O) groups is 2. The van der Waals surface area contributed by atoms with Gasteiger partial charge in [-0.3, -0.25) is 14.5 Å². The number of para-hydroxylation sites is 1. The molecular weight excluding hydrogens is 364 g/mol. The molecule has 5 heteroatoms. The van der Waals surface area contributed by atoms with Crippen LogP contribution in [-0.2, 0) is 9.59 Å². The molecule has 0 bridgehead atoms. The third-order valence-corrected chi connectivity index (χ3v) is 4.73. The minimum atomic E-state index is -0.304. The molecule has 2 aromatic carbocycles. The van der Waals surface area contributed by atoms with Crippen molar-refractivity contribution in [3.63, 3.8) is 0 Å². The van der Waals surface area contributed by atoms with Gasteiger partial charge in [-0.2, -0.15) is 0 Å². The average Bonchev–Trinajstić information content (AvgIpc) is 2.99. The number of likely N-dealkylation sites (N-methyl/N-ethyl adjacent to an activating group) is 1. The van der Waals surface area contributed by atoms with Crippen molar-refractivity contribution in [2.24, 2.45) is 0 Å². The Labute approximate surface area is 171 Å². The summed E-state index contributed by atoms with van der Waals surface area (Å²) < 4.78 is 5.64. The first-order valence-corrected chi connectivity index (χ1v) is 9.89. The minimum Gasteiger partial charge on any atom is -0.494 e. The Balaban J connectivity index is 2.09. The van der Waals surface area contributed by atoms with Crippen molar-refractivity contribution in [2.75, 3.05) is 24.6 Å². The van der Waals surface area contributed by atoms with Crippen molar-refractivity contribution >= 4 is 23.1 Å². The highest BCUT2D eigenvalue weighted by Gasteiger charge is 2.41. The van der Waals surface area contributed by atoms with Crippen LogP contribution >= 0.6 is 0 Å². The molecule has 0 radical (unpaired) electrons. The Morgan fingerprint density at radius 1 is 1.00 bits per heavy atom. The molecule has 0 saturated carbocycles. The Morgan fingerprint density at radius 3 is 2.28 bits per heavy atom. The van der Waals surface area contributed by atoms with Gasteiger partial charge in [0.1, 0.15) is 11.4 Å². The monoisotopic (exact) mass is 390 g/mol. The summed E-state index contributed by atoms with van der Waals surface area (Å²) in [6.45, 7) is 9.06. The molecule has 0 spiro atoms. The van der Waals surface area contributed by atoms with Crippen molar-refractivity contribution in [3.05, 3.63) is 78.5 Å². The zero-order chi connectivity index (χ0) is 20.8. The molecule has 0 atom stereocenters. The van der Waals surface area contributed by atoms with Gasteiger partial charge in [0, 0.05) is 18.8 Å². The van der Waals surface area contributed by atoms with E-state index in [-0.39, 0.29) is 18.4 Å². The molecule has 2 amide bonds. The second-order valence-electron chi connectivity index (χ2n) is 6.69. The van der Waals surface area contributed by atoms with Crippen molar-refractivity contribution in [3.8, 4) is 5.75 Å². The standard InChI is InChI=1S/C24H26N2O3/c1-4-16-26-23(27)21(18-12-14-20(15-13-18)29-17-5-2)22(24(26)28)25(6-3)19-10-8-7-9-11-19/h4,7-15H,1,5-6,16-17H2,2-3H3. The van der Waals surface area contributed by atoms with E-state index in [9.17, 15) is 9.59 Å². The van der Waals surface area contributed by atoms with Crippen molar-refractivity contribution < 1.29 is 14.3 Å². The number of rotatable bonds is 9. The summed E-state index contributed by atoms with van der Waals surface area (Å²) in [5.41, 5.74) is 2.37. The van der Waals surface area contributed by atoms with Gasteiger partial charge in [0.2, 0.25) is 0 Å². The summed E-state index contributed by atoms with van der Waals surface area (Å²) in [6.07, 6.45) is 2.49. The van der Waals surface area contributed by atoms with Crippen LogP contribution in [0.15, 0.2) is 72.9 Å². The molecule has 5 nitrogen and oxygen atoms in total. The zero-order valence-corrected chi connectivity index (χ0v) is 16.9. The van der Waals surface area contributed by atoms with Crippen molar-refractivity contribution in [1.29, 1.82) is 0 Å². The SMILES string of the molecule is C=CCN1C(=O)C(c2ccc(OCCC)cc2)=C(N(CC)c2ccccc2)C1=O. The molecule has 0 aliphatic carbocycles. The van der Waals surface area contributed by atoms with Crippen molar-refractivity contribution in [1.82, 2.24) is 4.90 Å². The van der Waals surface area contributed by atoms with Crippen LogP contribution in [0.3, 0.4) is 0 Å².